The van der Waals surface area contributed by atoms with Crippen molar-refractivity contribution >= 4 is 10.0 Å². The van der Waals surface area contributed by atoms with Crippen LogP contribution in [0.2, 0.25) is 0 Å². The number of hydrogen-bond donors (Lipinski definition) is 1. The van der Waals surface area contributed by atoms with Crippen molar-refractivity contribution < 1.29 is 23.0 Å². The summed E-state index contributed by atoms with van der Waals surface area (Å²) in [4.78, 5) is 0.117. The van der Waals surface area contributed by atoms with Crippen LogP contribution < -0.4 is 4.74 Å². The Labute approximate surface area is 119 Å². The summed E-state index contributed by atoms with van der Waals surface area (Å²) in [6.45, 7) is 2.72. The molecule has 1 saturated heterocycles. The third-order valence-electron chi connectivity index (χ3n) is 3.23. The lowest BCUT2D eigenvalue weighted by atomic mass is 10.2. The number of rotatable bonds is 4. The standard InChI is InChI=1S/C13H19NO5S/c1-10-8-14(5-6-19-10)20(16,17)13-4-3-11(9-15)7-12(13)18-2/h3-4,7,10,15H,5-6,8-9H2,1-2H3. The van der Waals surface area contributed by atoms with Gasteiger partial charge in [-0.15, -0.1) is 0 Å². The molecule has 6 nitrogen and oxygen atoms in total. The number of aliphatic hydroxyl groups excluding tert-OH is 1. The summed E-state index contributed by atoms with van der Waals surface area (Å²) in [5, 5.41) is 9.10. The number of nitrogens with zero attached hydrogens (tertiary/aromatic N) is 1. The first-order valence-electron chi connectivity index (χ1n) is 6.38. The van der Waals surface area contributed by atoms with Crippen LogP contribution in [0.3, 0.4) is 0 Å². The Morgan fingerprint density at radius 3 is 2.85 bits per heavy atom. The summed E-state index contributed by atoms with van der Waals surface area (Å²) in [5.41, 5.74) is 0.608. The summed E-state index contributed by atoms with van der Waals surface area (Å²) < 4.78 is 37.2. The molecule has 1 aromatic rings. The number of ether oxygens (including phenoxy) is 2. The number of benzene rings is 1. The van der Waals surface area contributed by atoms with E-state index in [1.807, 2.05) is 6.92 Å². The average Bonchev–Trinajstić information content (AvgIpc) is 2.46. The molecule has 1 fully saturated rings. The molecular weight excluding hydrogens is 282 g/mol. The second kappa shape index (κ2) is 6.09. The minimum Gasteiger partial charge on any atom is -0.495 e. The van der Waals surface area contributed by atoms with Crippen LogP contribution >= 0.6 is 0 Å². The molecule has 0 amide bonds. The van der Waals surface area contributed by atoms with Crippen LogP contribution in [0.4, 0.5) is 0 Å². The third-order valence-corrected chi connectivity index (χ3v) is 5.14. The fraction of sp³-hybridized carbons (Fsp3) is 0.538. The zero-order valence-corrected chi connectivity index (χ0v) is 12.4. The molecule has 0 spiro atoms. The molecule has 20 heavy (non-hydrogen) atoms. The summed E-state index contributed by atoms with van der Waals surface area (Å²) in [6, 6.07) is 4.59. The molecule has 1 aliphatic rings. The van der Waals surface area contributed by atoms with Gasteiger partial charge in [-0.2, -0.15) is 4.31 Å². The molecule has 2 rings (SSSR count). The molecule has 1 aliphatic heterocycles. The molecule has 7 heteroatoms. The smallest absolute Gasteiger partial charge is 0.246 e. The second-order valence-corrected chi connectivity index (χ2v) is 6.59. The Morgan fingerprint density at radius 2 is 2.25 bits per heavy atom. The zero-order chi connectivity index (χ0) is 14.8. The molecule has 0 aromatic heterocycles. The topological polar surface area (TPSA) is 76.1 Å². The zero-order valence-electron chi connectivity index (χ0n) is 11.6. The SMILES string of the molecule is COc1cc(CO)ccc1S(=O)(=O)N1CCOC(C)C1. The monoisotopic (exact) mass is 301 g/mol. The van der Waals surface area contributed by atoms with Crippen molar-refractivity contribution in [3.05, 3.63) is 23.8 Å². The summed E-state index contributed by atoms with van der Waals surface area (Å²) in [5.74, 6) is 0.246. The molecule has 0 aliphatic carbocycles. The highest BCUT2D eigenvalue weighted by atomic mass is 32.2. The van der Waals surface area contributed by atoms with Gasteiger partial charge in [-0.3, -0.25) is 0 Å². The van der Waals surface area contributed by atoms with Crippen molar-refractivity contribution in [3.8, 4) is 5.75 Å². The highest BCUT2D eigenvalue weighted by molar-refractivity contribution is 7.89. The Morgan fingerprint density at radius 1 is 1.50 bits per heavy atom. The van der Waals surface area contributed by atoms with Crippen LogP contribution in [0.1, 0.15) is 12.5 Å². The maximum absolute atomic E-state index is 12.6. The average molecular weight is 301 g/mol. The molecular formula is C13H19NO5S. The first kappa shape index (κ1) is 15.2. The lowest BCUT2D eigenvalue weighted by Crippen LogP contribution is -2.44. The molecule has 1 aromatic carbocycles. The van der Waals surface area contributed by atoms with Gasteiger partial charge in [0.15, 0.2) is 0 Å². The Balaban J connectivity index is 2.38. The maximum Gasteiger partial charge on any atom is 0.246 e. The van der Waals surface area contributed by atoms with Crippen LogP contribution in [0.25, 0.3) is 0 Å². The fourth-order valence-electron chi connectivity index (χ4n) is 2.17. The fourth-order valence-corrected chi connectivity index (χ4v) is 3.80. The summed E-state index contributed by atoms with van der Waals surface area (Å²) in [7, 11) is -2.20. The van der Waals surface area contributed by atoms with Crippen molar-refractivity contribution in [2.24, 2.45) is 0 Å². The number of hydrogen-bond acceptors (Lipinski definition) is 5. The largest absolute Gasteiger partial charge is 0.495 e. The quantitative estimate of drug-likeness (QED) is 0.881. The lowest BCUT2D eigenvalue weighted by molar-refractivity contribution is 0.0101. The summed E-state index contributed by atoms with van der Waals surface area (Å²) >= 11 is 0. The third kappa shape index (κ3) is 2.95. The highest BCUT2D eigenvalue weighted by Gasteiger charge is 2.31. The molecule has 0 bridgehead atoms. The van der Waals surface area contributed by atoms with Crippen molar-refractivity contribution in [3.63, 3.8) is 0 Å². The van der Waals surface area contributed by atoms with Crippen LogP contribution in [-0.2, 0) is 21.4 Å². The van der Waals surface area contributed by atoms with E-state index in [0.29, 0.717) is 25.3 Å². The van der Waals surface area contributed by atoms with Crippen molar-refractivity contribution in [2.75, 3.05) is 26.8 Å². The van der Waals surface area contributed by atoms with E-state index in [4.69, 9.17) is 14.6 Å². The van der Waals surface area contributed by atoms with Gasteiger partial charge in [0, 0.05) is 13.1 Å². The van der Waals surface area contributed by atoms with E-state index in [-0.39, 0.29) is 23.4 Å². The van der Waals surface area contributed by atoms with Crippen LogP contribution in [0.15, 0.2) is 23.1 Å². The van der Waals surface area contributed by atoms with Crippen molar-refractivity contribution in [1.82, 2.24) is 4.31 Å². The van der Waals surface area contributed by atoms with Gasteiger partial charge in [-0.1, -0.05) is 6.07 Å². The molecule has 0 radical (unpaired) electrons. The Hall–Kier alpha value is -1.15. The van der Waals surface area contributed by atoms with Crippen LogP contribution in [0, 0.1) is 0 Å². The molecule has 1 N–H and O–H groups in total. The molecule has 1 atom stereocenters. The predicted octanol–water partition coefficient (Wildman–Crippen LogP) is 0.597. The van der Waals surface area contributed by atoms with E-state index in [1.54, 1.807) is 6.07 Å². The Bertz CT molecular complexity index is 572. The normalized spacial score (nSPS) is 20.9. The number of methoxy groups -OCH3 is 1. The van der Waals surface area contributed by atoms with Crippen molar-refractivity contribution in [1.29, 1.82) is 0 Å². The highest BCUT2D eigenvalue weighted by Crippen LogP contribution is 2.28. The van der Waals surface area contributed by atoms with Crippen LogP contribution in [0.5, 0.6) is 5.75 Å². The van der Waals surface area contributed by atoms with E-state index < -0.39 is 10.0 Å². The van der Waals surface area contributed by atoms with Gasteiger partial charge in [0.2, 0.25) is 10.0 Å². The Kier molecular flexibility index (Phi) is 4.64. The predicted molar refractivity (Wildman–Crippen MR) is 73.1 cm³/mol. The van der Waals surface area contributed by atoms with E-state index in [2.05, 4.69) is 0 Å². The first-order valence-corrected chi connectivity index (χ1v) is 7.82. The van der Waals surface area contributed by atoms with E-state index in [1.165, 1.54) is 23.5 Å². The van der Waals surface area contributed by atoms with Gasteiger partial charge < -0.3 is 14.6 Å². The number of morpholine rings is 1. The van der Waals surface area contributed by atoms with Gasteiger partial charge in [-0.25, -0.2) is 8.42 Å². The molecule has 112 valence electrons. The van der Waals surface area contributed by atoms with Crippen LogP contribution in [-0.4, -0.2) is 50.7 Å². The minimum atomic E-state index is -3.62. The van der Waals surface area contributed by atoms with Gasteiger partial charge in [0.1, 0.15) is 10.6 Å². The number of sulfonamides is 1. The minimum absolute atomic E-state index is 0.117. The number of aliphatic hydroxyl groups is 1. The van der Waals surface area contributed by atoms with E-state index in [0.717, 1.165) is 0 Å². The summed E-state index contributed by atoms with van der Waals surface area (Å²) in [6.07, 6.45) is -0.124. The molecule has 1 unspecified atom stereocenters. The first-order chi connectivity index (χ1) is 9.48. The maximum atomic E-state index is 12.6. The van der Waals surface area contributed by atoms with Gasteiger partial charge in [0.05, 0.1) is 26.4 Å². The van der Waals surface area contributed by atoms with E-state index in [9.17, 15) is 8.42 Å². The van der Waals surface area contributed by atoms with E-state index >= 15 is 0 Å². The molecule has 1 heterocycles. The lowest BCUT2D eigenvalue weighted by Gasteiger charge is -2.30. The van der Waals surface area contributed by atoms with Gasteiger partial charge in [-0.05, 0) is 24.6 Å². The second-order valence-electron chi connectivity index (χ2n) is 4.69. The molecule has 0 saturated carbocycles. The van der Waals surface area contributed by atoms with Gasteiger partial charge >= 0.3 is 0 Å². The van der Waals surface area contributed by atoms with Crippen molar-refractivity contribution in [2.45, 2.75) is 24.5 Å². The van der Waals surface area contributed by atoms with Gasteiger partial charge in [0.25, 0.3) is 0 Å².